The van der Waals surface area contributed by atoms with Crippen molar-refractivity contribution in [3.63, 3.8) is 0 Å². The fraction of sp³-hybridized carbons (Fsp3) is 0.0286. The number of hydrogen-bond donors (Lipinski definition) is 4. The highest BCUT2D eigenvalue weighted by atomic mass is 79.9. The number of aliphatic imine (C=N–C) groups is 2. The predicted octanol–water partition coefficient (Wildman–Crippen LogP) is 8.76. The van der Waals surface area contributed by atoms with Crippen LogP contribution in [0, 0.1) is 0 Å². The first kappa shape index (κ1) is 27.2. The Kier molecular flexibility index (Phi) is 6.49. The Bertz CT molecular complexity index is 2020. The molecular weight excluding hydrogens is 672 g/mol. The van der Waals surface area contributed by atoms with Crippen LogP contribution in [-0.4, -0.2) is 32.9 Å². The van der Waals surface area contributed by atoms with Gasteiger partial charge in [-0.1, -0.05) is 105 Å². The zero-order valence-electron chi connectivity index (χ0n) is 22.3. The molecule has 0 saturated carbocycles. The largest absolute Gasteiger partial charge is 0.504 e. The molecule has 0 radical (unpaired) electrons. The zero-order valence-corrected chi connectivity index (χ0v) is 25.5. The predicted molar refractivity (Wildman–Crippen MR) is 178 cm³/mol. The van der Waals surface area contributed by atoms with Crippen LogP contribution in [0.5, 0.6) is 23.0 Å². The fourth-order valence-corrected chi connectivity index (χ4v) is 7.00. The number of benzene rings is 6. The van der Waals surface area contributed by atoms with Crippen LogP contribution in [0.4, 0.5) is 0 Å². The maximum atomic E-state index is 11.0. The van der Waals surface area contributed by atoms with E-state index in [9.17, 15) is 20.4 Å². The van der Waals surface area contributed by atoms with E-state index < -0.39 is 5.66 Å². The lowest BCUT2D eigenvalue weighted by molar-refractivity contribution is 0.404. The van der Waals surface area contributed by atoms with Crippen LogP contribution in [0.25, 0.3) is 32.7 Å². The van der Waals surface area contributed by atoms with Crippen LogP contribution in [0.15, 0.2) is 116 Å². The van der Waals surface area contributed by atoms with Gasteiger partial charge >= 0.3 is 0 Å². The number of nitrogens with zero attached hydrogens (tertiary/aromatic N) is 2. The van der Waals surface area contributed by atoms with Crippen molar-refractivity contribution in [1.82, 2.24) is 0 Å². The first-order valence-electron chi connectivity index (χ1n) is 13.4. The molecule has 210 valence electrons. The Balaban J connectivity index is 1.55. The summed E-state index contributed by atoms with van der Waals surface area (Å²) >= 11 is 7.46. The van der Waals surface area contributed by atoms with Gasteiger partial charge in [0.15, 0.2) is 23.0 Å². The molecule has 0 bridgehead atoms. The summed E-state index contributed by atoms with van der Waals surface area (Å²) in [5.74, 6) is -1.10. The van der Waals surface area contributed by atoms with Crippen molar-refractivity contribution in [2.24, 2.45) is 9.98 Å². The van der Waals surface area contributed by atoms with Crippen LogP contribution in [0.1, 0.15) is 22.3 Å². The third kappa shape index (κ3) is 4.20. The highest BCUT2D eigenvalue weighted by Gasteiger charge is 2.44. The Morgan fingerprint density at radius 1 is 0.535 bits per heavy atom. The molecule has 0 aliphatic heterocycles. The van der Waals surface area contributed by atoms with Crippen molar-refractivity contribution in [2.75, 3.05) is 0 Å². The highest BCUT2D eigenvalue weighted by molar-refractivity contribution is 9.11. The van der Waals surface area contributed by atoms with E-state index in [0.29, 0.717) is 21.9 Å². The van der Waals surface area contributed by atoms with Crippen molar-refractivity contribution in [1.29, 1.82) is 0 Å². The Hall–Kier alpha value is -4.66. The van der Waals surface area contributed by atoms with Gasteiger partial charge in [-0.3, -0.25) is 9.98 Å². The normalized spacial score (nSPS) is 13.7. The molecule has 0 spiro atoms. The van der Waals surface area contributed by atoms with Gasteiger partial charge in [-0.25, -0.2) is 0 Å². The summed E-state index contributed by atoms with van der Waals surface area (Å²) in [7, 11) is 0. The van der Waals surface area contributed by atoms with Crippen LogP contribution >= 0.6 is 31.9 Å². The molecule has 6 aromatic carbocycles. The van der Waals surface area contributed by atoms with Gasteiger partial charge in [-0.15, -0.1) is 0 Å². The van der Waals surface area contributed by atoms with Crippen molar-refractivity contribution >= 4 is 65.8 Å². The molecule has 0 saturated heterocycles. The maximum absolute atomic E-state index is 11.0. The molecule has 0 atom stereocenters. The number of rotatable bonds is 4. The Morgan fingerprint density at radius 3 is 1.40 bits per heavy atom. The van der Waals surface area contributed by atoms with Crippen molar-refractivity contribution < 1.29 is 20.4 Å². The molecule has 4 N–H and O–H groups in total. The molecule has 0 fully saturated rings. The highest BCUT2D eigenvalue weighted by Crippen LogP contribution is 2.55. The number of halogens is 2. The SMILES string of the molecule is Oc1cc2ccccc2c(/C=N/C2(/N=C/c3c(O)c(O)cc4ccccc34)c3cccc(Br)c3-c3c(Br)cccc32)c1O. The topological polar surface area (TPSA) is 106 Å². The molecule has 7 rings (SSSR count). The van der Waals surface area contributed by atoms with Crippen LogP contribution < -0.4 is 0 Å². The molecule has 43 heavy (non-hydrogen) atoms. The average molecular weight is 694 g/mol. The van der Waals surface area contributed by atoms with Gasteiger partial charge in [0.25, 0.3) is 0 Å². The average Bonchev–Trinajstić information content (AvgIpc) is 3.29. The van der Waals surface area contributed by atoms with E-state index in [4.69, 9.17) is 9.98 Å². The van der Waals surface area contributed by atoms with Crippen molar-refractivity contribution in [2.45, 2.75) is 5.66 Å². The second-order valence-electron chi connectivity index (χ2n) is 10.3. The molecule has 0 unspecified atom stereocenters. The first-order chi connectivity index (χ1) is 20.8. The Labute approximate surface area is 263 Å². The molecule has 8 heteroatoms. The van der Waals surface area contributed by atoms with Crippen molar-refractivity contribution in [3.8, 4) is 34.1 Å². The Morgan fingerprint density at radius 2 is 0.953 bits per heavy atom. The molecule has 0 amide bonds. The van der Waals surface area contributed by atoms with Crippen LogP contribution in [-0.2, 0) is 5.66 Å². The van der Waals surface area contributed by atoms with Gasteiger partial charge in [0, 0.05) is 54.8 Å². The van der Waals surface area contributed by atoms with Gasteiger partial charge in [0.05, 0.1) is 0 Å². The second-order valence-corrected chi connectivity index (χ2v) is 12.0. The third-order valence-corrected chi connectivity index (χ3v) is 9.19. The smallest absolute Gasteiger partial charge is 0.202 e. The van der Waals surface area contributed by atoms with Gasteiger partial charge in [0.2, 0.25) is 5.66 Å². The summed E-state index contributed by atoms with van der Waals surface area (Å²) in [5.41, 5.74) is 2.65. The summed E-state index contributed by atoms with van der Waals surface area (Å²) in [6.45, 7) is 0. The lowest BCUT2D eigenvalue weighted by Gasteiger charge is -2.24. The van der Waals surface area contributed by atoms with E-state index in [1.54, 1.807) is 0 Å². The monoisotopic (exact) mass is 692 g/mol. The lowest BCUT2D eigenvalue weighted by Crippen LogP contribution is -2.21. The minimum atomic E-state index is -1.36. The summed E-state index contributed by atoms with van der Waals surface area (Å²) in [6, 6.07) is 29.5. The number of hydrogen-bond acceptors (Lipinski definition) is 6. The summed E-state index contributed by atoms with van der Waals surface area (Å²) in [4.78, 5) is 10.2. The van der Waals surface area contributed by atoms with Crippen LogP contribution in [0.2, 0.25) is 0 Å². The van der Waals surface area contributed by atoms with Crippen LogP contribution in [0.3, 0.4) is 0 Å². The molecule has 6 aromatic rings. The van der Waals surface area contributed by atoms with E-state index in [0.717, 1.165) is 42.0 Å². The van der Waals surface area contributed by atoms with E-state index in [2.05, 4.69) is 31.9 Å². The lowest BCUT2D eigenvalue weighted by atomic mass is 9.97. The van der Waals surface area contributed by atoms with E-state index >= 15 is 0 Å². The minimum Gasteiger partial charge on any atom is -0.504 e. The summed E-state index contributed by atoms with van der Waals surface area (Å²) in [6.07, 6.45) is 3.08. The van der Waals surface area contributed by atoms with E-state index in [-0.39, 0.29) is 23.0 Å². The van der Waals surface area contributed by atoms with Gasteiger partial charge in [-0.2, -0.15) is 0 Å². The first-order valence-corrected chi connectivity index (χ1v) is 14.9. The number of phenols is 4. The molecular formula is C35H22Br2N2O4. The fourth-order valence-electron chi connectivity index (χ4n) is 5.87. The summed E-state index contributed by atoms with van der Waals surface area (Å²) in [5, 5.41) is 45.9. The summed E-state index contributed by atoms with van der Waals surface area (Å²) < 4.78 is 1.70. The van der Waals surface area contributed by atoms with E-state index in [1.807, 2.05) is 84.9 Å². The number of fused-ring (bicyclic) bond motifs is 5. The molecule has 0 heterocycles. The number of aromatic hydroxyl groups is 4. The van der Waals surface area contributed by atoms with Crippen molar-refractivity contribution in [3.05, 3.63) is 128 Å². The van der Waals surface area contributed by atoms with E-state index in [1.165, 1.54) is 24.6 Å². The quantitative estimate of drug-likeness (QED) is 0.109. The zero-order chi connectivity index (χ0) is 29.9. The molecule has 0 aromatic heterocycles. The second kappa shape index (κ2) is 10.3. The third-order valence-electron chi connectivity index (χ3n) is 7.87. The van der Waals surface area contributed by atoms with Gasteiger partial charge < -0.3 is 20.4 Å². The molecule has 1 aliphatic carbocycles. The molecule has 1 aliphatic rings. The van der Waals surface area contributed by atoms with Gasteiger partial charge in [-0.05, 0) is 45.8 Å². The standard InChI is InChI=1S/C35H22Br2N2O4/c36-27-13-5-11-25-31(27)32-26(12-6-14-28(32)37)35(25,38-17-23-21-9-3-1-7-19(21)15-29(40)33(23)42)39-18-24-22-10-4-2-8-20(22)16-30(41)34(24)43/h1-18,40-43H/b38-17+,39-18+. The maximum Gasteiger partial charge on any atom is 0.202 e. The number of phenolic OH excluding ortho intramolecular Hbond substituents is 4. The minimum absolute atomic E-state index is 0.258. The van der Waals surface area contributed by atoms with Gasteiger partial charge in [0.1, 0.15) is 0 Å². The molecule has 6 nitrogen and oxygen atoms in total.